The van der Waals surface area contributed by atoms with Crippen molar-refractivity contribution in [2.45, 2.75) is 6.04 Å². The van der Waals surface area contributed by atoms with Crippen LogP contribution in [-0.4, -0.2) is 38.1 Å². The molecule has 0 aromatic heterocycles. The van der Waals surface area contributed by atoms with Crippen molar-refractivity contribution in [3.63, 3.8) is 0 Å². The van der Waals surface area contributed by atoms with Crippen LogP contribution in [0, 0.1) is 0 Å². The summed E-state index contributed by atoms with van der Waals surface area (Å²) >= 11 is 0. The van der Waals surface area contributed by atoms with Crippen molar-refractivity contribution in [3.05, 3.63) is 102 Å². The third kappa shape index (κ3) is 3.94. The summed E-state index contributed by atoms with van der Waals surface area (Å²) in [5.41, 5.74) is 1.33. The van der Waals surface area contributed by atoms with E-state index >= 15 is 0 Å². The zero-order chi connectivity index (χ0) is 26.1. The molecule has 1 heterocycles. The molecule has 1 fully saturated rings. The van der Waals surface area contributed by atoms with Gasteiger partial charge in [0.25, 0.3) is 11.7 Å². The van der Waals surface area contributed by atoms with E-state index in [-0.39, 0.29) is 16.9 Å². The monoisotopic (exact) mass is 495 g/mol. The Balaban J connectivity index is 1.83. The number of fused-ring (bicyclic) bond motifs is 1. The Bertz CT molecular complexity index is 1510. The SMILES string of the molecule is COc1ccc(N2C(=O)C(=O)/C(=C(/O)c3c(OC)cccc3OC)C2c2cccc3ccccc23)cc1. The third-order valence-electron chi connectivity index (χ3n) is 6.58. The highest BCUT2D eigenvalue weighted by molar-refractivity contribution is 6.52. The van der Waals surface area contributed by atoms with Gasteiger partial charge in [0.1, 0.15) is 28.6 Å². The number of hydrogen-bond donors (Lipinski definition) is 1. The minimum absolute atomic E-state index is 0.0556. The van der Waals surface area contributed by atoms with Gasteiger partial charge in [-0.15, -0.1) is 0 Å². The highest BCUT2D eigenvalue weighted by Crippen LogP contribution is 2.46. The number of rotatable bonds is 6. The van der Waals surface area contributed by atoms with Crippen LogP contribution in [0.2, 0.25) is 0 Å². The number of aliphatic hydroxyl groups excluding tert-OH is 1. The van der Waals surface area contributed by atoms with Crippen molar-refractivity contribution in [1.29, 1.82) is 0 Å². The smallest absolute Gasteiger partial charge is 0.300 e. The maximum absolute atomic E-state index is 13.6. The number of hydrogen-bond acceptors (Lipinski definition) is 6. The summed E-state index contributed by atoms with van der Waals surface area (Å²) < 4.78 is 16.2. The van der Waals surface area contributed by atoms with Gasteiger partial charge in [-0.1, -0.05) is 48.5 Å². The number of ketones is 1. The molecule has 1 aliphatic heterocycles. The largest absolute Gasteiger partial charge is 0.506 e. The second-order valence-electron chi connectivity index (χ2n) is 8.47. The van der Waals surface area contributed by atoms with E-state index < -0.39 is 17.7 Å². The molecule has 0 aliphatic carbocycles. The van der Waals surface area contributed by atoms with Crippen LogP contribution in [0.5, 0.6) is 17.2 Å². The summed E-state index contributed by atoms with van der Waals surface area (Å²) in [7, 11) is 4.48. The van der Waals surface area contributed by atoms with Crippen molar-refractivity contribution >= 4 is 33.9 Å². The molecule has 0 saturated carbocycles. The Morgan fingerprint density at radius 1 is 0.757 bits per heavy atom. The average Bonchev–Trinajstić information content (AvgIpc) is 3.21. The molecule has 0 bridgehead atoms. The molecule has 37 heavy (non-hydrogen) atoms. The number of anilines is 1. The Morgan fingerprint density at radius 3 is 2.03 bits per heavy atom. The van der Waals surface area contributed by atoms with Crippen molar-refractivity contribution < 1.29 is 28.9 Å². The lowest BCUT2D eigenvalue weighted by Gasteiger charge is -2.27. The Hall–Kier alpha value is -4.78. The molecule has 7 heteroatoms. The van der Waals surface area contributed by atoms with Gasteiger partial charge in [-0.25, -0.2) is 0 Å². The van der Waals surface area contributed by atoms with Gasteiger partial charge in [0.15, 0.2) is 0 Å². The van der Waals surface area contributed by atoms with E-state index in [1.807, 2.05) is 42.5 Å². The van der Waals surface area contributed by atoms with E-state index in [2.05, 4.69) is 0 Å². The molecule has 1 atom stereocenters. The first-order valence-electron chi connectivity index (χ1n) is 11.6. The molecular formula is C30H25NO6. The fourth-order valence-corrected chi connectivity index (χ4v) is 4.84. The first-order chi connectivity index (χ1) is 18.0. The summed E-state index contributed by atoms with van der Waals surface area (Å²) in [6.07, 6.45) is 0. The first kappa shape index (κ1) is 23.9. The minimum atomic E-state index is -0.908. The normalized spacial score (nSPS) is 16.7. The Morgan fingerprint density at radius 2 is 1.38 bits per heavy atom. The molecule has 1 N–H and O–H groups in total. The molecule has 5 rings (SSSR count). The molecule has 0 spiro atoms. The summed E-state index contributed by atoms with van der Waals surface area (Å²) in [5.74, 6) is -0.701. The van der Waals surface area contributed by atoms with Gasteiger partial charge in [-0.2, -0.15) is 0 Å². The standard InChI is InChI=1S/C30H25NO6/c1-35-20-16-14-19(15-17-20)31-27(22-11-6-9-18-8-4-5-10-21(18)22)26(29(33)30(31)34)28(32)25-23(36-2)12-7-13-24(25)37-3/h4-17,27,32H,1-3H3/b28-26+. The summed E-state index contributed by atoms with van der Waals surface area (Å²) in [4.78, 5) is 28.6. The van der Waals surface area contributed by atoms with Crippen molar-refractivity contribution in [1.82, 2.24) is 0 Å². The van der Waals surface area contributed by atoms with Crippen molar-refractivity contribution in [2.75, 3.05) is 26.2 Å². The zero-order valence-electron chi connectivity index (χ0n) is 20.6. The lowest BCUT2D eigenvalue weighted by atomic mass is 9.91. The molecule has 1 amide bonds. The number of methoxy groups -OCH3 is 3. The molecule has 1 saturated heterocycles. The van der Waals surface area contributed by atoms with Crippen molar-refractivity contribution in [2.24, 2.45) is 0 Å². The van der Waals surface area contributed by atoms with Crippen LogP contribution < -0.4 is 19.1 Å². The summed E-state index contributed by atoms with van der Waals surface area (Å²) in [6, 6.07) is 24.4. The number of aliphatic hydroxyl groups is 1. The first-order valence-corrected chi connectivity index (χ1v) is 11.6. The van der Waals surface area contributed by atoms with Crippen LogP contribution in [0.4, 0.5) is 5.69 Å². The van der Waals surface area contributed by atoms with Crippen LogP contribution in [-0.2, 0) is 9.59 Å². The quantitative estimate of drug-likeness (QED) is 0.216. The molecular weight excluding hydrogens is 470 g/mol. The summed E-state index contributed by atoms with van der Waals surface area (Å²) in [5, 5.41) is 13.5. The number of Topliss-reactive ketones (excluding diaryl/α,β-unsaturated/α-hetero) is 1. The molecule has 7 nitrogen and oxygen atoms in total. The van der Waals surface area contributed by atoms with Crippen LogP contribution in [0.1, 0.15) is 17.2 Å². The molecule has 4 aromatic rings. The Kier molecular flexibility index (Phi) is 6.27. The predicted molar refractivity (Wildman–Crippen MR) is 141 cm³/mol. The lowest BCUT2D eigenvalue weighted by Crippen LogP contribution is -2.29. The van der Waals surface area contributed by atoms with Gasteiger partial charge in [-0.05, 0) is 52.7 Å². The van der Waals surface area contributed by atoms with Crippen LogP contribution in [0.15, 0.2) is 90.5 Å². The second-order valence-corrected chi connectivity index (χ2v) is 8.47. The minimum Gasteiger partial charge on any atom is -0.506 e. The van der Waals surface area contributed by atoms with Gasteiger partial charge >= 0.3 is 0 Å². The second kappa shape index (κ2) is 9.70. The van der Waals surface area contributed by atoms with Gasteiger partial charge in [0, 0.05) is 5.69 Å². The van der Waals surface area contributed by atoms with E-state index in [4.69, 9.17) is 14.2 Å². The van der Waals surface area contributed by atoms with Crippen LogP contribution in [0.3, 0.4) is 0 Å². The number of benzene rings is 4. The van der Waals surface area contributed by atoms with E-state index in [0.29, 0.717) is 28.5 Å². The topological polar surface area (TPSA) is 85.3 Å². The van der Waals surface area contributed by atoms with Crippen LogP contribution >= 0.6 is 0 Å². The van der Waals surface area contributed by atoms with Gasteiger partial charge in [0.05, 0.1) is 32.9 Å². The third-order valence-corrected chi connectivity index (χ3v) is 6.58. The number of carbonyl (C=O) groups is 2. The van der Waals surface area contributed by atoms with E-state index in [1.54, 1.807) is 49.6 Å². The van der Waals surface area contributed by atoms with Crippen molar-refractivity contribution in [3.8, 4) is 17.2 Å². The molecule has 186 valence electrons. The van der Waals surface area contributed by atoms with E-state index in [9.17, 15) is 14.7 Å². The van der Waals surface area contributed by atoms with E-state index in [0.717, 1.165) is 10.8 Å². The Labute approximate surface area is 214 Å². The number of carbonyl (C=O) groups excluding carboxylic acids is 2. The molecule has 1 aliphatic rings. The van der Waals surface area contributed by atoms with Gasteiger partial charge in [-0.3, -0.25) is 14.5 Å². The van der Waals surface area contributed by atoms with Crippen LogP contribution in [0.25, 0.3) is 16.5 Å². The maximum Gasteiger partial charge on any atom is 0.300 e. The maximum atomic E-state index is 13.6. The summed E-state index contributed by atoms with van der Waals surface area (Å²) in [6.45, 7) is 0. The zero-order valence-corrected chi connectivity index (χ0v) is 20.6. The molecule has 4 aromatic carbocycles. The molecule has 0 radical (unpaired) electrons. The lowest BCUT2D eigenvalue weighted by molar-refractivity contribution is -0.132. The van der Waals surface area contributed by atoms with Gasteiger partial charge < -0.3 is 19.3 Å². The predicted octanol–water partition coefficient (Wildman–Crippen LogP) is 5.49. The molecule has 1 unspecified atom stereocenters. The van der Waals surface area contributed by atoms with E-state index in [1.165, 1.54) is 19.1 Å². The number of amides is 1. The fraction of sp³-hybridized carbons (Fsp3) is 0.133. The van der Waals surface area contributed by atoms with Gasteiger partial charge in [0.2, 0.25) is 0 Å². The highest BCUT2D eigenvalue weighted by atomic mass is 16.5. The average molecular weight is 496 g/mol. The number of ether oxygens (including phenoxy) is 3. The fourth-order valence-electron chi connectivity index (χ4n) is 4.84. The highest BCUT2D eigenvalue weighted by Gasteiger charge is 2.48. The number of nitrogens with zero attached hydrogens (tertiary/aromatic N) is 1.